The predicted molar refractivity (Wildman–Crippen MR) is 104 cm³/mol. The Bertz CT molecular complexity index is 1140. The molecule has 0 aliphatic rings. The van der Waals surface area contributed by atoms with E-state index in [0.717, 1.165) is 22.9 Å². The molecule has 0 bridgehead atoms. The maximum atomic E-state index is 13.1. The number of anilines is 1. The third kappa shape index (κ3) is 4.72. The number of aryl methyl sites for hydroxylation is 1. The summed E-state index contributed by atoms with van der Waals surface area (Å²) in [6.07, 6.45) is -4.56. The molecule has 0 aliphatic heterocycles. The number of nitrogens with one attached hydrogen (secondary N) is 1. The molecule has 154 valence electrons. The second-order valence-electron chi connectivity index (χ2n) is 6.19. The Morgan fingerprint density at radius 3 is 2.70 bits per heavy atom. The minimum Gasteiger partial charge on any atom is -0.482 e. The number of amides is 1. The highest BCUT2D eigenvalue weighted by molar-refractivity contribution is 6.32. The van der Waals surface area contributed by atoms with Crippen LogP contribution in [0.25, 0.3) is 5.69 Å². The third-order valence-electron chi connectivity index (χ3n) is 3.97. The standard InChI is InChI=1S/C20H14ClF3N4O2/c1-12-8-18(26-19(29)11-30-17-5-3-2-4-13(17)10-25)28(27-12)16-9-14(20(22,23)24)6-7-15(16)21/h2-9H,11H2,1H3,(H,26,29). The summed E-state index contributed by atoms with van der Waals surface area (Å²) in [5.74, 6) is -0.233. The maximum Gasteiger partial charge on any atom is 0.416 e. The van der Waals surface area contributed by atoms with Crippen molar-refractivity contribution in [3.63, 3.8) is 0 Å². The summed E-state index contributed by atoms with van der Waals surface area (Å²) in [7, 11) is 0. The first kappa shape index (κ1) is 21.2. The van der Waals surface area contributed by atoms with Gasteiger partial charge in [-0.25, -0.2) is 4.68 Å². The summed E-state index contributed by atoms with van der Waals surface area (Å²) in [4.78, 5) is 12.3. The van der Waals surface area contributed by atoms with Crippen LogP contribution < -0.4 is 10.1 Å². The van der Waals surface area contributed by atoms with Gasteiger partial charge in [0.05, 0.1) is 27.5 Å². The Morgan fingerprint density at radius 1 is 1.27 bits per heavy atom. The number of rotatable bonds is 5. The molecule has 3 aromatic rings. The molecule has 6 nitrogen and oxygen atoms in total. The van der Waals surface area contributed by atoms with E-state index < -0.39 is 24.3 Å². The van der Waals surface area contributed by atoms with Gasteiger partial charge in [0.25, 0.3) is 5.91 Å². The van der Waals surface area contributed by atoms with Crippen molar-refractivity contribution >= 4 is 23.3 Å². The summed E-state index contributed by atoms with van der Waals surface area (Å²) in [5, 5.41) is 15.8. The first-order chi connectivity index (χ1) is 14.2. The maximum absolute atomic E-state index is 13.1. The van der Waals surface area contributed by atoms with E-state index in [4.69, 9.17) is 21.6 Å². The van der Waals surface area contributed by atoms with E-state index in [1.54, 1.807) is 31.2 Å². The van der Waals surface area contributed by atoms with Crippen LogP contribution >= 0.6 is 11.6 Å². The number of carbonyl (C=O) groups excluding carboxylic acids is 1. The van der Waals surface area contributed by atoms with E-state index in [9.17, 15) is 18.0 Å². The highest BCUT2D eigenvalue weighted by Crippen LogP contribution is 2.34. The largest absolute Gasteiger partial charge is 0.482 e. The molecule has 0 aliphatic carbocycles. The van der Waals surface area contributed by atoms with Gasteiger partial charge in [-0.2, -0.15) is 23.5 Å². The van der Waals surface area contributed by atoms with Gasteiger partial charge in [-0.3, -0.25) is 4.79 Å². The second-order valence-corrected chi connectivity index (χ2v) is 6.60. The van der Waals surface area contributed by atoms with Crippen LogP contribution in [-0.2, 0) is 11.0 Å². The molecule has 10 heteroatoms. The number of nitrogens with zero attached hydrogens (tertiary/aromatic N) is 3. The monoisotopic (exact) mass is 434 g/mol. The zero-order valence-corrected chi connectivity index (χ0v) is 16.3. The fourth-order valence-electron chi connectivity index (χ4n) is 2.63. The van der Waals surface area contributed by atoms with Crippen molar-refractivity contribution in [2.75, 3.05) is 11.9 Å². The highest BCUT2D eigenvalue weighted by atomic mass is 35.5. The molecule has 0 fully saturated rings. The van der Waals surface area contributed by atoms with E-state index in [-0.39, 0.29) is 27.8 Å². The Morgan fingerprint density at radius 2 is 2.00 bits per heavy atom. The van der Waals surface area contributed by atoms with E-state index in [1.807, 2.05) is 6.07 Å². The van der Waals surface area contributed by atoms with Crippen molar-refractivity contribution in [1.82, 2.24) is 9.78 Å². The molecule has 1 amide bonds. The van der Waals surface area contributed by atoms with Gasteiger partial charge < -0.3 is 10.1 Å². The average Bonchev–Trinajstić information content (AvgIpc) is 3.05. The van der Waals surface area contributed by atoms with Crippen LogP contribution in [-0.4, -0.2) is 22.3 Å². The molecule has 0 radical (unpaired) electrons. The summed E-state index contributed by atoms with van der Waals surface area (Å²) >= 11 is 6.08. The minimum absolute atomic E-state index is 0.0285. The Kier molecular flexibility index (Phi) is 5.99. The quantitative estimate of drug-likeness (QED) is 0.629. The van der Waals surface area contributed by atoms with E-state index >= 15 is 0 Å². The predicted octanol–water partition coefficient (Wildman–Crippen LogP) is 4.74. The number of para-hydroxylation sites is 1. The molecule has 0 atom stereocenters. The molecule has 1 aromatic heterocycles. The Labute approximate surface area is 174 Å². The van der Waals surface area contributed by atoms with Crippen LogP contribution in [0.15, 0.2) is 48.5 Å². The van der Waals surface area contributed by atoms with E-state index in [0.29, 0.717) is 5.69 Å². The van der Waals surface area contributed by atoms with Crippen molar-refractivity contribution in [1.29, 1.82) is 5.26 Å². The zero-order chi connectivity index (χ0) is 21.9. The second kappa shape index (κ2) is 8.47. The summed E-state index contributed by atoms with van der Waals surface area (Å²) in [5.41, 5.74) is -0.217. The van der Waals surface area contributed by atoms with Gasteiger partial charge in [0, 0.05) is 6.07 Å². The lowest BCUT2D eigenvalue weighted by Gasteiger charge is -2.13. The number of aromatic nitrogens is 2. The van der Waals surface area contributed by atoms with Crippen molar-refractivity contribution < 1.29 is 22.7 Å². The number of benzene rings is 2. The van der Waals surface area contributed by atoms with Crippen LogP contribution in [0.1, 0.15) is 16.8 Å². The fraction of sp³-hybridized carbons (Fsp3) is 0.150. The van der Waals surface area contributed by atoms with E-state index in [1.165, 1.54) is 6.07 Å². The molecule has 0 saturated heterocycles. The van der Waals surface area contributed by atoms with Crippen LogP contribution in [0.2, 0.25) is 5.02 Å². The van der Waals surface area contributed by atoms with Crippen molar-refractivity contribution in [3.8, 4) is 17.5 Å². The average molecular weight is 435 g/mol. The van der Waals surface area contributed by atoms with Gasteiger partial charge in [0.15, 0.2) is 6.61 Å². The molecular formula is C20H14ClF3N4O2. The van der Waals surface area contributed by atoms with Crippen molar-refractivity contribution in [2.24, 2.45) is 0 Å². The molecule has 2 aromatic carbocycles. The molecule has 30 heavy (non-hydrogen) atoms. The van der Waals surface area contributed by atoms with Gasteiger partial charge >= 0.3 is 6.18 Å². The normalized spacial score (nSPS) is 11.1. The molecule has 3 rings (SSSR count). The highest BCUT2D eigenvalue weighted by Gasteiger charge is 2.31. The molecule has 0 spiro atoms. The zero-order valence-electron chi connectivity index (χ0n) is 15.5. The van der Waals surface area contributed by atoms with Gasteiger partial charge in [0.1, 0.15) is 17.6 Å². The number of nitriles is 1. The topological polar surface area (TPSA) is 79.9 Å². The smallest absolute Gasteiger partial charge is 0.416 e. The van der Waals surface area contributed by atoms with Crippen LogP contribution in [0.3, 0.4) is 0 Å². The molecule has 0 saturated carbocycles. The number of alkyl halides is 3. The Balaban J connectivity index is 1.83. The molecule has 1 heterocycles. The summed E-state index contributed by atoms with van der Waals surface area (Å²) in [6.45, 7) is 1.20. The number of hydrogen-bond donors (Lipinski definition) is 1. The lowest BCUT2D eigenvalue weighted by molar-refractivity contribution is -0.137. The van der Waals surface area contributed by atoms with Gasteiger partial charge in [-0.15, -0.1) is 0 Å². The SMILES string of the molecule is Cc1cc(NC(=O)COc2ccccc2C#N)n(-c2cc(C(F)(F)F)ccc2Cl)n1. The number of halogens is 4. The number of hydrogen-bond acceptors (Lipinski definition) is 4. The van der Waals surface area contributed by atoms with Crippen LogP contribution in [0, 0.1) is 18.3 Å². The molecule has 0 unspecified atom stereocenters. The molecular weight excluding hydrogens is 421 g/mol. The van der Waals surface area contributed by atoms with Crippen molar-refractivity contribution in [3.05, 3.63) is 70.4 Å². The fourth-order valence-corrected chi connectivity index (χ4v) is 2.83. The number of carbonyl (C=O) groups is 1. The third-order valence-corrected chi connectivity index (χ3v) is 4.29. The van der Waals surface area contributed by atoms with Gasteiger partial charge in [-0.05, 0) is 37.3 Å². The first-order valence-corrected chi connectivity index (χ1v) is 8.92. The van der Waals surface area contributed by atoms with Gasteiger partial charge in [0.2, 0.25) is 0 Å². The van der Waals surface area contributed by atoms with Crippen LogP contribution in [0.4, 0.5) is 19.0 Å². The molecule has 1 N–H and O–H groups in total. The van der Waals surface area contributed by atoms with Crippen molar-refractivity contribution in [2.45, 2.75) is 13.1 Å². The Hall–Kier alpha value is -3.51. The first-order valence-electron chi connectivity index (χ1n) is 8.54. The summed E-state index contributed by atoms with van der Waals surface area (Å²) in [6, 6.07) is 12.7. The van der Waals surface area contributed by atoms with Crippen LogP contribution in [0.5, 0.6) is 5.75 Å². The number of ether oxygens (including phenoxy) is 1. The van der Waals surface area contributed by atoms with Gasteiger partial charge in [-0.1, -0.05) is 23.7 Å². The van der Waals surface area contributed by atoms with E-state index in [2.05, 4.69) is 10.4 Å². The lowest BCUT2D eigenvalue weighted by atomic mass is 10.2. The minimum atomic E-state index is -4.56. The lowest BCUT2D eigenvalue weighted by Crippen LogP contribution is -2.22. The summed E-state index contributed by atoms with van der Waals surface area (Å²) < 4.78 is 45.7.